The van der Waals surface area contributed by atoms with E-state index in [0.717, 1.165) is 37.2 Å². The summed E-state index contributed by atoms with van der Waals surface area (Å²) in [7, 11) is 0. The molecule has 0 bridgehead atoms. The fourth-order valence-electron chi connectivity index (χ4n) is 4.53. The molecule has 2 heterocycles. The molecule has 1 aliphatic rings. The Labute approximate surface area is 187 Å². The van der Waals surface area contributed by atoms with E-state index in [1.807, 2.05) is 13.8 Å². The van der Waals surface area contributed by atoms with Crippen molar-refractivity contribution in [2.45, 2.75) is 40.2 Å². The second kappa shape index (κ2) is 8.87. The van der Waals surface area contributed by atoms with Gasteiger partial charge in [0.15, 0.2) is 5.43 Å². The maximum absolute atomic E-state index is 14.9. The van der Waals surface area contributed by atoms with Gasteiger partial charge in [-0.05, 0) is 69.2 Å². The number of aryl methyl sites for hydroxylation is 2. The lowest BCUT2D eigenvalue weighted by molar-refractivity contribution is 0.0718. The number of hydrogen-bond acceptors (Lipinski definition) is 4. The van der Waals surface area contributed by atoms with Crippen molar-refractivity contribution in [3.63, 3.8) is 0 Å². The van der Waals surface area contributed by atoms with Crippen molar-refractivity contribution in [2.75, 3.05) is 26.2 Å². The molecule has 1 amide bonds. The van der Waals surface area contributed by atoms with Gasteiger partial charge in [-0.1, -0.05) is 32.0 Å². The molecule has 168 valence electrons. The van der Waals surface area contributed by atoms with Gasteiger partial charge in [0.05, 0.1) is 17.0 Å². The molecule has 0 fully saturated rings. The van der Waals surface area contributed by atoms with Crippen LogP contribution in [0.2, 0.25) is 0 Å². The monoisotopic (exact) mass is 436 g/mol. The smallest absolute Gasteiger partial charge is 0.290 e. The minimum atomic E-state index is -0.794. The predicted octanol–water partition coefficient (Wildman–Crippen LogP) is 4.83. The summed E-state index contributed by atoms with van der Waals surface area (Å²) < 4.78 is 20.9. The number of amides is 1. The first-order valence-corrected chi connectivity index (χ1v) is 11.2. The first-order valence-electron chi connectivity index (χ1n) is 11.2. The van der Waals surface area contributed by atoms with E-state index in [1.54, 1.807) is 35.2 Å². The van der Waals surface area contributed by atoms with Crippen LogP contribution in [0.3, 0.4) is 0 Å². The third-order valence-electron chi connectivity index (χ3n) is 6.55. The number of carbonyl (C=O) groups is 1. The molecule has 0 unspecified atom stereocenters. The molecule has 0 N–H and O–H groups in total. The number of hydrogen-bond donors (Lipinski definition) is 0. The lowest BCUT2D eigenvalue weighted by Gasteiger charge is -2.26. The van der Waals surface area contributed by atoms with E-state index in [9.17, 15) is 14.0 Å². The Morgan fingerprint density at radius 1 is 1.06 bits per heavy atom. The van der Waals surface area contributed by atoms with Crippen LogP contribution in [0.4, 0.5) is 4.39 Å². The van der Waals surface area contributed by atoms with Gasteiger partial charge >= 0.3 is 0 Å². The third kappa shape index (κ3) is 3.73. The van der Waals surface area contributed by atoms with Crippen molar-refractivity contribution >= 4 is 16.9 Å². The van der Waals surface area contributed by atoms with E-state index < -0.39 is 11.9 Å². The molecule has 2 aromatic carbocycles. The molecule has 0 spiro atoms. The van der Waals surface area contributed by atoms with Crippen LogP contribution in [0.1, 0.15) is 59.1 Å². The summed E-state index contributed by atoms with van der Waals surface area (Å²) in [4.78, 5) is 30.9. The molecule has 1 atom stereocenters. The fourth-order valence-corrected chi connectivity index (χ4v) is 4.53. The van der Waals surface area contributed by atoms with Crippen molar-refractivity contribution in [3.05, 3.63) is 80.5 Å². The fraction of sp³-hybridized carbons (Fsp3) is 0.385. The minimum Gasteiger partial charge on any atom is -0.450 e. The third-order valence-corrected chi connectivity index (χ3v) is 6.55. The van der Waals surface area contributed by atoms with Crippen LogP contribution in [0.15, 0.2) is 45.6 Å². The van der Waals surface area contributed by atoms with Crippen LogP contribution >= 0.6 is 0 Å². The zero-order chi connectivity index (χ0) is 23.0. The zero-order valence-electron chi connectivity index (χ0n) is 19.1. The molecular weight excluding hydrogens is 407 g/mol. The minimum absolute atomic E-state index is 0.0295. The van der Waals surface area contributed by atoms with E-state index in [1.165, 1.54) is 6.07 Å². The lowest BCUT2D eigenvalue weighted by atomic mass is 9.97. The standard InChI is InChI=1S/C26H29FN2O3/c1-5-28(6-2)12-9-13-29-23(18-10-7-8-11-20(18)27)22-24(30)19-14-16(3)17(4)15-21(19)32-25(22)26(29)31/h7-8,10-11,14-15,23H,5-6,9,12-13H2,1-4H3/t23-/m1/s1. The van der Waals surface area contributed by atoms with Crippen molar-refractivity contribution < 1.29 is 13.6 Å². The summed E-state index contributed by atoms with van der Waals surface area (Å²) in [5, 5.41) is 0.422. The van der Waals surface area contributed by atoms with Gasteiger partial charge in [-0.25, -0.2) is 4.39 Å². The number of halogens is 1. The maximum atomic E-state index is 14.9. The van der Waals surface area contributed by atoms with E-state index in [-0.39, 0.29) is 22.7 Å². The van der Waals surface area contributed by atoms with Crippen LogP contribution in [-0.4, -0.2) is 41.9 Å². The van der Waals surface area contributed by atoms with Gasteiger partial charge in [0.2, 0.25) is 5.76 Å². The molecular formula is C26H29FN2O3. The molecule has 6 heteroatoms. The lowest BCUT2D eigenvalue weighted by Crippen LogP contribution is -2.33. The molecule has 0 radical (unpaired) electrons. The highest BCUT2D eigenvalue weighted by atomic mass is 19.1. The van der Waals surface area contributed by atoms with Gasteiger partial charge in [0.1, 0.15) is 11.4 Å². The second-order valence-electron chi connectivity index (χ2n) is 8.41. The van der Waals surface area contributed by atoms with Crippen LogP contribution in [0, 0.1) is 19.7 Å². The average molecular weight is 437 g/mol. The molecule has 3 aromatic rings. The predicted molar refractivity (Wildman–Crippen MR) is 124 cm³/mol. The topological polar surface area (TPSA) is 53.8 Å². The highest BCUT2D eigenvalue weighted by Gasteiger charge is 2.43. The van der Waals surface area contributed by atoms with Gasteiger partial charge in [-0.15, -0.1) is 0 Å². The summed E-state index contributed by atoms with van der Waals surface area (Å²) in [6.45, 7) is 11.1. The Kier molecular flexibility index (Phi) is 6.15. The highest BCUT2D eigenvalue weighted by Crippen LogP contribution is 2.39. The van der Waals surface area contributed by atoms with Gasteiger partial charge < -0.3 is 14.2 Å². The molecule has 0 aliphatic carbocycles. The van der Waals surface area contributed by atoms with E-state index in [2.05, 4.69) is 18.7 Å². The Bertz CT molecular complexity index is 1230. The summed E-state index contributed by atoms with van der Waals surface area (Å²) >= 11 is 0. The van der Waals surface area contributed by atoms with E-state index in [0.29, 0.717) is 23.1 Å². The molecule has 32 heavy (non-hydrogen) atoms. The zero-order valence-corrected chi connectivity index (χ0v) is 19.1. The molecule has 1 aromatic heterocycles. The summed E-state index contributed by atoms with van der Waals surface area (Å²) in [6.07, 6.45) is 0.721. The van der Waals surface area contributed by atoms with E-state index in [4.69, 9.17) is 4.42 Å². The summed E-state index contributed by atoms with van der Waals surface area (Å²) in [5.74, 6) is -0.765. The molecule has 5 nitrogen and oxygen atoms in total. The van der Waals surface area contributed by atoms with Crippen LogP contribution in [-0.2, 0) is 0 Å². The average Bonchev–Trinajstić information content (AvgIpc) is 3.05. The molecule has 4 rings (SSSR count). The quantitative estimate of drug-likeness (QED) is 0.533. The maximum Gasteiger partial charge on any atom is 0.290 e. The van der Waals surface area contributed by atoms with Gasteiger partial charge in [-0.3, -0.25) is 9.59 Å². The van der Waals surface area contributed by atoms with Gasteiger partial charge in [0.25, 0.3) is 5.91 Å². The SMILES string of the molecule is CCN(CC)CCCN1C(=O)c2oc3cc(C)c(C)cc3c(=O)c2[C@H]1c1ccccc1F. The number of fused-ring (bicyclic) bond motifs is 2. The molecule has 0 saturated heterocycles. The van der Waals surface area contributed by atoms with Crippen LogP contribution in [0.25, 0.3) is 11.0 Å². The second-order valence-corrected chi connectivity index (χ2v) is 8.41. The van der Waals surface area contributed by atoms with Crippen LogP contribution < -0.4 is 5.43 Å². The number of carbonyl (C=O) groups excluding carboxylic acids is 1. The van der Waals surface area contributed by atoms with Gasteiger partial charge in [0, 0.05) is 12.1 Å². The normalized spacial score (nSPS) is 15.8. The van der Waals surface area contributed by atoms with Crippen molar-refractivity contribution in [3.8, 4) is 0 Å². The summed E-state index contributed by atoms with van der Waals surface area (Å²) in [5.41, 5.74) is 2.62. The van der Waals surface area contributed by atoms with Gasteiger partial charge in [-0.2, -0.15) is 0 Å². The largest absolute Gasteiger partial charge is 0.450 e. The van der Waals surface area contributed by atoms with Crippen molar-refractivity contribution in [2.24, 2.45) is 0 Å². The van der Waals surface area contributed by atoms with Crippen LogP contribution in [0.5, 0.6) is 0 Å². The number of nitrogens with zero attached hydrogens (tertiary/aromatic N) is 2. The van der Waals surface area contributed by atoms with Crippen molar-refractivity contribution in [1.82, 2.24) is 9.80 Å². The Hall–Kier alpha value is -2.99. The van der Waals surface area contributed by atoms with E-state index >= 15 is 0 Å². The Balaban J connectivity index is 1.84. The first-order chi connectivity index (χ1) is 15.4. The molecule has 1 aliphatic heterocycles. The molecule has 0 saturated carbocycles. The highest BCUT2D eigenvalue weighted by molar-refractivity contribution is 5.99. The first kappa shape index (κ1) is 22.2. The number of rotatable bonds is 7. The summed E-state index contributed by atoms with van der Waals surface area (Å²) in [6, 6.07) is 9.13. The Morgan fingerprint density at radius 3 is 2.44 bits per heavy atom. The number of benzene rings is 2. The van der Waals surface area contributed by atoms with Crippen molar-refractivity contribution in [1.29, 1.82) is 0 Å². The Morgan fingerprint density at radius 2 is 1.75 bits per heavy atom.